The summed E-state index contributed by atoms with van der Waals surface area (Å²) >= 11 is 0. The van der Waals surface area contributed by atoms with Gasteiger partial charge in [-0.15, -0.1) is 0 Å². The van der Waals surface area contributed by atoms with Gasteiger partial charge >= 0.3 is 0 Å². The predicted molar refractivity (Wildman–Crippen MR) is 106 cm³/mol. The van der Waals surface area contributed by atoms with Gasteiger partial charge in [0.2, 0.25) is 0 Å². The van der Waals surface area contributed by atoms with E-state index in [4.69, 9.17) is 4.99 Å². The number of aliphatic hydroxyl groups is 2. The van der Waals surface area contributed by atoms with Crippen LogP contribution < -0.4 is 0 Å². The minimum Gasteiger partial charge on any atom is -0.393 e. The fraction of sp³-hybridized carbons (Fsp3) is 0.957. The SMILES string of the molecule is CCN=C(CO)[C@H]1CC[C@H]2[C@@H]3CC[C@H]4C[C@H](O)CC[C@]4(C)[C@H]3CC[C@]12C. The third-order valence-electron chi connectivity index (χ3n) is 9.56. The molecule has 4 saturated carbocycles. The van der Waals surface area contributed by atoms with Gasteiger partial charge in [-0.05, 0) is 99.2 Å². The van der Waals surface area contributed by atoms with E-state index in [0.717, 1.165) is 48.8 Å². The Hall–Kier alpha value is -0.410. The molecule has 0 spiro atoms. The van der Waals surface area contributed by atoms with Crippen LogP contribution >= 0.6 is 0 Å². The largest absolute Gasteiger partial charge is 0.393 e. The standard InChI is InChI=1S/C23H39NO2/c1-4-24-21(14-25)20-8-7-18-17-6-5-15-13-16(26)9-11-22(15,2)19(17)10-12-23(18,20)3/h15-20,25-26H,4-14H2,1-3H3/t15-,16+,17-,18-,19-,20+,22-,23-/m0/s1. The van der Waals surface area contributed by atoms with E-state index in [9.17, 15) is 10.2 Å². The summed E-state index contributed by atoms with van der Waals surface area (Å²) in [4.78, 5) is 4.69. The highest BCUT2D eigenvalue weighted by Crippen LogP contribution is 2.67. The molecule has 4 rings (SSSR count). The zero-order chi connectivity index (χ0) is 18.5. The Kier molecular flexibility index (Phi) is 5.01. The molecular formula is C23H39NO2. The van der Waals surface area contributed by atoms with Gasteiger partial charge in [0.1, 0.15) is 0 Å². The van der Waals surface area contributed by atoms with Crippen molar-refractivity contribution in [3.05, 3.63) is 0 Å². The molecule has 0 aromatic rings. The van der Waals surface area contributed by atoms with E-state index in [1.807, 2.05) is 0 Å². The van der Waals surface area contributed by atoms with Gasteiger partial charge in [-0.1, -0.05) is 13.8 Å². The molecule has 0 aromatic carbocycles. The van der Waals surface area contributed by atoms with Gasteiger partial charge in [-0.2, -0.15) is 0 Å². The number of aliphatic hydroxyl groups excluding tert-OH is 2. The summed E-state index contributed by atoms with van der Waals surface area (Å²) < 4.78 is 0. The minimum atomic E-state index is -0.0493. The van der Waals surface area contributed by atoms with Gasteiger partial charge in [-0.3, -0.25) is 4.99 Å². The number of hydrogen-bond acceptors (Lipinski definition) is 3. The lowest BCUT2D eigenvalue weighted by molar-refractivity contribution is -0.123. The molecule has 8 atom stereocenters. The van der Waals surface area contributed by atoms with Gasteiger partial charge in [0.05, 0.1) is 12.7 Å². The summed E-state index contributed by atoms with van der Waals surface area (Å²) in [6.45, 7) is 8.10. The molecule has 3 nitrogen and oxygen atoms in total. The van der Waals surface area contributed by atoms with Crippen molar-refractivity contribution in [1.29, 1.82) is 0 Å². The highest BCUT2D eigenvalue weighted by Gasteiger charge is 2.60. The number of nitrogens with zero attached hydrogens (tertiary/aromatic N) is 1. The maximum absolute atomic E-state index is 10.2. The Morgan fingerprint density at radius 1 is 0.962 bits per heavy atom. The van der Waals surface area contributed by atoms with Gasteiger partial charge in [-0.25, -0.2) is 0 Å². The second-order valence-electron chi connectivity index (χ2n) is 10.4. The van der Waals surface area contributed by atoms with Gasteiger partial charge < -0.3 is 10.2 Å². The van der Waals surface area contributed by atoms with Crippen LogP contribution in [0.2, 0.25) is 0 Å². The second-order valence-corrected chi connectivity index (χ2v) is 10.4. The maximum Gasteiger partial charge on any atom is 0.0812 e. The molecule has 0 radical (unpaired) electrons. The Labute approximate surface area is 159 Å². The van der Waals surface area contributed by atoms with Crippen LogP contribution in [0.3, 0.4) is 0 Å². The summed E-state index contributed by atoms with van der Waals surface area (Å²) in [6, 6.07) is 0. The van der Waals surface area contributed by atoms with Crippen molar-refractivity contribution < 1.29 is 10.2 Å². The van der Waals surface area contributed by atoms with Crippen LogP contribution in [0.1, 0.15) is 78.6 Å². The minimum absolute atomic E-state index is 0.0493. The van der Waals surface area contributed by atoms with Crippen molar-refractivity contribution in [2.75, 3.05) is 13.2 Å². The van der Waals surface area contributed by atoms with Crippen LogP contribution in [0.15, 0.2) is 4.99 Å². The van der Waals surface area contributed by atoms with E-state index < -0.39 is 0 Å². The van der Waals surface area contributed by atoms with Crippen molar-refractivity contribution in [1.82, 2.24) is 0 Å². The lowest BCUT2D eigenvalue weighted by atomic mass is 9.44. The Morgan fingerprint density at radius 2 is 1.69 bits per heavy atom. The molecular weight excluding hydrogens is 322 g/mol. The number of rotatable bonds is 3. The molecule has 26 heavy (non-hydrogen) atoms. The smallest absolute Gasteiger partial charge is 0.0812 e. The van der Waals surface area contributed by atoms with Crippen molar-refractivity contribution >= 4 is 5.71 Å². The van der Waals surface area contributed by atoms with Crippen molar-refractivity contribution in [2.24, 2.45) is 45.4 Å². The molecule has 2 N–H and O–H groups in total. The molecule has 0 aliphatic heterocycles. The quantitative estimate of drug-likeness (QED) is 0.729. The molecule has 3 heteroatoms. The van der Waals surface area contributed by atoms with E-state index in [-0.39, 0.29) is 12.7 Å². The molecule has 4 aliphatic carbocycles. The molecule has 0 heterocycles. The van der Waals surface area contributed by atoms with Crippen LogP contribution in [0.5, 0.6) is 0 Å². The Bertz CT molecular complexity index is 560. The first-order valence-electron chi connectivity index (χ1n) is 11.3. The highest BCUT2D eigenvalue weighted by molar-refractivity contribution is 5.88. The second kappa shape index (κ2) is 6.88. The summed E-state index contributed by atoms with van der Waals surface area (Å²) in [7, 11) is 0. The van der Waals surface area contributed by atoms with E-state index in [1.165, 1.54) is 44.9 Å². The van der Waals surface area contributed by atoms with Crippen LogP contribution in [0, 0.1) is 40.4 Å². The normalized spacial score (nSPS) is 51.5. The number of fused-ring (bicyclic) bond motifs is 5. The van der Waals surface area contributed by atoms with Crippen molar-refractivity contribution in [3.8, 4) is 0 Å². The van der Waals surface area contributed by atoms with Gasteiger partial charge in [0.15, 0.2) is 0 Å². The Morgan fingerprint density at radius 3 is 2.42 bits per heavy atom. The number of hydrogen-bond donors (Lipinski definition) is 2. The third-order valence-corrected chi connectivity index (χ3v) is 9.56. The van der Waals surface area contributed by atoms with Crippen LogP contribution in [-0.2, 0) is 0 Å². The first-order chi connectivity index (χ1) is 12.4. The zero-order valence-electron chi connectivity index (χ0n) is 17.1. The molecule has 0 aromatic heterocycles. The van der Waals surface area contributed by atoms with Gasteiger partial charge in [0.25, 0.3) is 0 Å². The van der Waals surface area contributed by atoms with E-state index in [2.05, 4.69) is 20.8 Å². The first kappa shape index (κ1) is 18.9. The van der Waals surface area contributed by atoms with Crippen LogP contribution in [0.25, 0.3) is 0 Å². The van der Waals surface area contributed by atoms with E-state index in [0.29, 0.717) is 16.7 Å². The van der Waals surface area contributed by atoms with Gasteiger partial charge in [0, 0.05) is 18.2 Å². The first-order valence-corrected chi connectivity index (χ1v) is 11.3. The average Bonchev–Trinajstić information content (AvgIpc) is 2.97. The topological polar surface area (TPSA) is 52.8 Å². The highest BCUT2D eigenvalue weighted by atomic mass is 16.3. The van der Waals surface area contributed by atoms with Crippen molar-refractivity contribution in [2.45, 2.75) is 84.7 Å². The summed E-state index contributed by atoms with van der Waals surface area (Å²) in [5, 5.41) is 20.1. The lowest BCUT2D eigenvalue weighted by Gasteiger charge is -2.61. The molecule has 0 bridgehead atoms. The fourth-order valence-corrected chi connectivity index (χ4v) is 8.26. The van der Waals surface area contributed by atoms with Crippen LogP contribution in [0.4, 0.5) is 0 Å². The zero-order valence-corrected chi connectivity index (χ0v) is 17.1. The fourth-order valence-electron chi connectivity index (χ4n) is 8.26. The molecule has 148 valence electrons. The van der Waals surface area contributed by atoms with Crippen LogP contribution in [-0.4, -0.2) is 35.2 Å². The predicted octanol–water partition coefficient (Wildman–Crippen LogP) is 4.46. The molecule has 0 saturated heterocycles. The molecule has 4 aliphatic rings. The Balaban J connectivity index is 1.59. The average molecular weight is 362 g/mol. The van der Waals surface area contributed by atoms with Crippen molar-refractivity contribution in [3.63, 3.8) is 0 Å². The molecule has 0 amide bonds. The molecule has 0 unspecified atom stereocenters. The summed E-state index contributed by atoms with van der Waals surface area (Å²) in [5.41, 5.74) is 1.88. The lowest BCUT2D eigenvalue weighted by Crippen LogP contribution is -2.54. The molecule has 4 fully saturated rings. The van der Waals surface area contributed by atoms with E-state index in [1.54, 1.807) is 0 Å². The third kappa shape index (κ3) is 2.71. The summed E-state index contributed by atoms with van der Waals surface area (Å²) in [5.74, 6) is 3.76. The maximum atomic E-state index is 10.2. The monoisotopic (exact) mass is 361 g/mol. The number of aliphatic imine (C=N–C) groups is 1. The van der Waals surface area contributed by atoms with E-state index >= 15 is 0 Å². The summed E-state index contributed by atoms with van der Waals surface area (Å²) in [6.07, 6.45) is 11.1.